The second-order valence-corrected chi connectivity index (χ2v) is 8.07. The molecular weight excluding hydrogens is 338 g/mol. The monoisotopic (exact) mass is 361 g/mol. The lowest BCUT2D eigenvalue weighted by Gasteiger charge is -2.25. The summed E-state index contributed by atoms with van der Waals surface area (Å²) in [7, 11) is 0.119. The SMILES string of the molecule is COc1cccc(CC(=O)N(C)C(C)c2ccc(S(C)(=O)=O)cc2)c1. The zero-order valence-corrected chi connectivity index (χ0v) is 15.7. The Morgan fingerprint density at radius 1 is 1.16 bits per heavy atom. The van der Waals surface area contributed by atoms with Crippen LogP contribution < -0.4 is 4.74 Å². The number of hydrogen-bond donors (Lipinski definition) is 0. The van der Waals surface area contributed by atoms with Gasteiger partial charge in [-0.25, -0.2) is 8.42 Å². The number of ether oxygens (including phenoxy) is 1. The number of sulfone groups is 1. The number of rotatable bonds is 6. The van der Waals surface area contributed by atoms with Gasteiger partial charge in [0.05, 0.1) is 24.5 Å². The average Bonchev–Trinajstić information content (AvgIpc) is 2.60. The van der Waals surface area contributed by atoms with E-state index < -0.39 is 9.84 Å². The van der Waals surface area contributed by atoms with Crippen molar-refractivity contribution in [1.29, 1.82) is 0 Å². The molecule has 134 valence electrons. The summed E-state index contributed by atoms with van der Waals surface area (Å²) in [5, 5.41) is 0. The van der Waals surface area contributed by atoms with Gasteiger partial charge < -0.3 is 9.64 Å². The smallest absolute Gasteiger partial charge is 0.227 e. The lowest BCUT2D eigenvalue weighted by molar-refractivity contribution is -0.131. The zero-order chi connectivity index (χ0) is 18.6. The molecule has 1 atom stereocenters. The van der Waals surface area contributed by atoms with Crippen molar-refractivity contribution in [3.8, 4) is 5.75 Å². The second-order valence-electron chi connectivity index (χ2n) is 6.05. The van der Waals surface area contributed by atoms with Gasteiger partial charge in [0.25, 0.3) is 0 Å². The topological polar surface area (TPSA) is 63.7 Å². The number of methoxy groups -OCH3 is 1. The maximum absolute atomic E-state index is 12.5. The van der Waals surface area contributed by atoms with Crippen LogP contribution in [-0.4, -0.2) is 39.6 Å². The van der Waals surface area contributed by atoms with Crippen molar-refractivity contribution in [2.75, 3.05) is 20.4 Å². The van der Waals surface area contributed by atoms with Crippen molar-refractivity contribution in [2.45, 2.75) is 24.3 Å². The molecule has 0 radical (unpaired) electrons. The van der Waals surface area contributed by atoms with Crippen molar-refractivity contribution in [3.63, 3.8) is 0 Å². The molecule has 1 amide bonds. The first-order chi connectivity index (χ1) is 11.7. The van der Waals surface area contributed by atoms with Gasteiger partial charge in [-0.3, -0.25) is 4.79 Å². The van der Waals surface area contributed by atoms with Crippen LogP contribution in [0.4, 0.5) is 0 Å². The molecule has 0 spiro atoms. The molecule has 0 aliphatic rings. The van der Waals surface area contributed by atoms with Gasteiger partial charge in [0, 0.05) is 13.3 Å². The molecule has 0 aliphatic carbocycles. The van der Waals surface area contributed by atoms with Gasteiger partial charge in [0.15, 0.2) is 9.84 Å². The van der Waals surface area contributed by atoms with Gasteiger partial charge in [-0.2, -0.15) is 0 Å². The fraction of sp³-hybridized carbons (Fsp3) is 0.316. The molecule has 0 fully saturated rings. The van der Waals surface area contributed by atoms with Gasteiger partial charge in [0.2, 0.25) is 5.91 Å². The molecule has 0 heterocycles. The van der Waals surface area contributed by atoms with Crippen molar-refractivity contribution < 1.29 is 17.9 Å². The third-order valence-electron chi connectivity index (χ3n) is 4.25. The Kier molecular flexibility index (Phi) is 5.85. The van der Waals surface area contributed by atoms with E-state index in [1.54, 1.807) is 43.3 Å². The molecule has 25 heavy (non-hydrogen) atoms. The Morgan fingerprint density at radius 3 is 2.36 bits per heavy atom. The Labute approximate surface area is 149 Å². The standard InChI is InChI=1S/C19H23NO4S/c1-14(16-8-10-18(11-9-16)25(4,22)23)20(2)19(21)13-15-6-5-7-17(12-15)24-3/h5-12,14H,13H2,1-4H3. The number of likely N-dealkylation sites (N-methyl/N-ethyl adjacent to an activating group) is 1. The van der Waals surface area contributed by atoms with Crippen LogP contribution in [0.1, 0.15) is 24.1 Å². The molecule has 6 heteroatoms. The summed E-state index contributed by atoms with van der Waals surface area (Å²) in [6, 6.07) is 13.9. The Hall–Kier alpha value is -2.34. The fourth-order valence-electron chi connectivity index (χ4n) is 2.51. The molecule has 2 aromatic rings. The van der Waals surface area contributed by atoms with E-state index in [9.17, 15) is 13.2 Å². The normalized spacial score (nSPS) is 12.5. The van der Waals surface area contributed by atoms with Crippen molar-refractivity contribution in [1.82, 2.24) is 4.90 Å². The van der Waals surface area contributed by atoms with E-state index >= 15 is 0 Å². The highest BCUT2D eigenvalue weighted by atomic mass is 32.2. The lowest BCUT2D eigenvalue weighted by atomic mass is 10.1. The van der Waals surface area contributed by atoms with E-state index in [0.717, 1.165) is 16.9 Å². The van der Waals surface area contributed by atoms with Gasteiger partial charge in [-0.15, -0.1) is 0 Å². The molecule has 0 aromatic heterocycles. The highest BCUT2D eigenvalue weighted by Crippen LogP contribution is 2.22. The Bertz CT molecular complexity index is 844. The number of benzene rings is 2. The molecule has 2 rings (SSSR count). The minimum atomic E-state index is -3.22. The predicted molar refractivity (Wildman–Crippen MR) is 97.4 cm³/mol. The van der Waals surface area contributed by atoms with E-state index in [4.69, 9.17) is 4.74 Å². The third-order valence-corrected chi connectivity index (χ3v) is 5.38. The van der Waals surface area contributed by atoms with Crippen LogP contribution in [0.25, 0.3) is 0 Å². The quantitative estimate of drug-likeness (QED) is 0.794. The fourth-order valence-corrected chi connectivity index (χ4v) is 3.15. The summed E-state index contributed by atoms with van der Waals surface area (Å²) >= 11 is 0. The van der Waals surface area contributed by atoms with E-state index in [0.29, 0.717) is 0 Å². The minimum absolute atomic E-state index is 0.0204. The van der Waals surface area contributed by atoms with E-state index in [1.807, 2.05) is 31.2 Å². The second kappa shape index (κ2) is 7.70. The summed E-state index contributed by atoms with van der Waals surface area (Å²) in [5.41, 5.74) is 1.77. The first-order valence-corrected chi connectivity index (χ1v) is 9.80. The highest BCUT2D eigenvalue weighted by Gasteiger charge is 2.18. The van der Waals surface area contributed by atoms with Gasteiger partial charge in [-0.05, 0) is 42.3 Å². The highest BCUT2D eigenvalue weighted by molar-refractivity contribution is 7.90. The molecule has 0 saturated carbocycles. The first kappa shape index (κ1) is 19.0. The number of nitrogens with zero attached hydrogens (tertiary/aromatic N) is 1. The lowest BCUT2D eigenvalue weighted by Crippen LogP contribution is -2.31. The maximum atomic E-state index is 12.5. The molecule has 0 aliphatic heterocycles. The summed E-state index contributed by atoms with van der Waals surface area (Å²) in [6.07, 6.45) is 1.45. The predicted octanol–water partition coefficient (Wildman–Crippen LogP) is 2.86. The first-order valence-electron chi connectivity index (χ1n) is 7.91. The van der Waals surface area contributed by atoms with Crippen LogP contribution >= 0.6 is 0 Å². The summed E-state index contributed by atoms with van der Waals surface area (Å²) < 4.78 is 28.3. The number of carbonyl (C=O) groups excluding carboxylic acids is 1. The Balaban J connectivity index is 2.10. The molecule has 0 N–H and O–H groups in total. The molecular formula is C19H23NO4S. The Morgan fingerprint density at radius 2 is 1.80 bits per heavy atom. The van der Waals surface area contributed by atoms with Crippen LogP contribution in [0, 0.1) is 0 Å². The largest absolute Gasteiger partial charge is 0.497 e. The minimum Gasteiger partial charge on any atom is -0.497 e. The van der Waals surface area contributed by atoms with E-state index in [2.05, 4.69) is 0 Å². The third kappa shape index (κ3) is 4.82. The van der Waals surface area contributed by atoms with E-state index in [1.165, 1.54) is 6.26 Å². The summed E-state index contributed by atoms with van der Waals surface area (Å²) in [5.74, 6) is 0.699. The van der Waals surface area contributed by atoms with Crippen LogP contribution in [0.5, 0.6) is 5.75 Å². The van der Waals surface area contributed by atoms with Crippen molar-refractivity contribution in [2.24, 2.45) is 0 Å². The molecule has 0 bridgehead atoms. The van der Waals surface area contributed by atoms with Crippen molar-refractivity contribution >= 4 is 15.7 Å². The van der Waals surface area contributed by atoms with Crippen LogP contribution in [0.2, 0.25) is 0 Å². The molecule has 0 saturated heterocycles. The van der Waals surface area contributed by atoms with Crippen LogP contribution in [0.3, 0.4) is 0 Å². The molecule has 2 aromatic carbocycles. The number of amides is 1. The molecule has 1 unspecified atom stereocenters. The van der Waals surface area contributed by atoms with Gasteiger partial charge >= 0.3 is 0 Å². The van der Waals surface area contributed by atoms with Gasteiger partial charge in [0.1, 0.15) is 5.75 Å². The summed E-state index contributed by atoms with van der Waals surface area (Å²) in [6.45, 7) is 1.92. The maximum Gasteiger partial charge on any atom is 0.227 e. The van der Waals surface area contributed by atoms with Gasteiger partial charge in [-0.1, -0.05) is 24.3 Å². The van der Waals surface area contributed by atoms with E-state index in [-0.39, 0.29) is 23.3 Å². The number of hydrogen-bond acceptors (Lipinski definition) is 4. The zero-order valence-electron chi connectivity index (χ0n) is 14.9. The van der Waals surface area contributed by atoms with Crippen molar-refractivity contribution in [3.05, 3.63) is 59.7 Å². The summed E-state index contributed by atoms with van der Waals surface area (Å²) in [4.78, 5) is 14.5. The van der Waals surface area contributed by atoms with Crippen LogP contribution in [0.15, 0.2) is 53.4 Å². The van der Waals surface area contributed by atoms with Crippen LogP contribution in [-0.2, 0) is 21.1 Å². The molecule has 5 nitrogen and oxygen atoms in total. The number of carbonyl (C=O) groups is 1. The average molecular weight is 361 g/mol.